The number of hydrogen-bond acceptors (Lipinski definition) is 4. The first-order chi connectivity index (χ1) is 9.15. The molecule has 0 bridgehead atoms. The summed E-state index contributed by atoms with van der Waals surface area (Å²) in [6.07, 6.45) is 2.89. The zero-order chi connectivity index (χ0) is 13.4. The molecule has 19 heavy (non-hydrogen) atoms. The summed E-state index contributed by atoms with van der Waals surface area (Å²) in [4.78, 5) is 9.46. The van der Waals surface area contributed by atoms with Gasteiger partial charge in [-0.15, -0.1) is 0 Å². The van der Waals surface area contributed by atoms with Gasteiger partial charge in [-0.3, -0.25) is 4.68 Å². The summed E-state index contributed by atoms with van der Waals surface area (Å²) < 4.78 is 1.79. The van der Waals surface area contributed by atoms with Crippen LogP contribution >= 0.6 is 0 Å². The van der Waals surface area contributed by atoms with Crippen LogP contribution in [0.1, 0.15) is 36.7 Å². The lowest BCUT2D eigenvalue weighted by Crippen LogP contribution is -2.27. The van der Waals surface area contributed by atoms with Crippen molar-refractivity contribution in [1.29, 1.82) is 0 Å². The number of fused-ring (bicyclic) bond motifs is 1. The highest BCUT2D eigenvalue weighted by Crippen LogP contribution is 2.25. The third-order valence-corrected chi connectivity index (χ3v) is 3.45. The van der Waals surface area contributed by atoms with Crippen molar-refractivity contribution in [3.05, 3.63) is 29.2 Å². The van der Waals surface area contributed by atoms with Crippen molar-refractivity contribution >= 4 is 0 Å². The molecule has 0 saturated carbocycles. The van der Waals surface area contributed by atoms with E-state index in [1.54, 1.807) is 4.68 Å². The molecule has 0 unspecified atom stereocenters. The Morgan fingerprint density at radius 1 is 1.32 bits per heavy atom. The number of aryl methyl sites for hydroxylation is 1. The van der Waals surface area contributed by atoms with Gasteiger partial charge in [-0.05, 0) is 12.0 Å². The molecule has 5 nitrogen and oxygen atoms in total. The molecule has 0 radical (unpaired) electrons. The van der Waals surface area contributed by atoms with Gasteiger partial charge in [0.05, 0.1) is 11.4 Å². The molecule has 5 heteroatoms. The predicted molar refractivity (Wildman–Crippen MR) is 73.7 cm³/mol. The topological polar surface area (TPSA) is 55.6 Å². The lowest BCUT2D eigenvalue weighted by molar-refractivity contribution is 0.609. The maximum atomic E-state index is 4.74. The van der Waals surface area contributed by atoms with Crippen molar-refractivity contribution in [1.82, 2.24) is 25.1 Å². The lowest BCUT2D eigenvalue weighted by atomic mass is 9.98. The number of nitrogens with zero attached hydrogens (tertiary/aromatic N) is 4. The monoisotopic (exact) mass is 257 g/mol. The number of hydrogen-bond donors (Lipinski definition) is 1. The first-order valence-corrected chi connectivity index (χ1v) is 6.75. The van der Waals surface area contributed by atoms with Gasteiger partial charge in [0.15, 0.2) is 5.82 Å². The largest absolute Gasteiger partial charge is 0.312 e. The molecule has 0 saturated heterocycles. The van der Waals surface area contributed by atoms with Gasteiger partial charge in [-0.1, -0.05) is 13.8 Å². The molecular weight excluding hydrogens is 238 g/mol. The maximum Gasteiger partial charge on any atom is 0.180 e. The number of aromatic nitrogens is 4. The van der Waals surface area contributed by atoms with Crippen LogP contribution in [0.4, 0.5) is 0 Å². The Morgan fingerprint density at radius 2 is 2.16 bits per heavy atom. The quantitative estimate of drug-likeness (QED) is 0.888. The normalized spacial score (nSPS) is 14.7. The van der Waals surface area contributed by atoms with E-state index >= 15 is 0 Å². The van der Waals surface area contributed by atoms with Crippen molar-refractivity contribution < 1.29 is 0 Å². The molecule has 0 spiro atoms. The van der Waals surface area contributed by atoms with Crippen LogP contribution in [0.25, 0.3) is 11.5 Å². The second-order valence-corrected chi connectivity index (χ2v) is 5.31. The van der Waals surface area contributed by atoms with E-state index in [1.165, 1.54) is 11.3 Å². The van der Waals surface area contributed by atoms with Crippen LogP contribution in [0.2, 0.25) is 0 Å². The summed E-state index contributed by atoms with van der Waals surface area (Å²) in [5, 5.41) is 7.81. The lowest BCUT2D eigenvalue weighted by Gasteiger charge is -2.21. The fourth-order valence-corrected chi connectivity index (χ4v) is 2.50. The van der Waals surface area contributed by atoms with Crippen LogP contribution in [0, 0.1) is 0 Å². The molecule has 3 heterocycles. The van der Waals surface area contributed by atoms with Crippen molar-refractivity contribution in [2.45, 2.75) is 32.7 Å². The SMILES string of the molecule is CC(C)c1nc(-c2ccn(C)n2)nc2c1CNCC2. The molecule has 2 aromatic rings. The van der Waals surface area contributed by atoms with E-state index in [0.717, 1.165) is 36.7 Å². The predicted octanol–water partition coefficient (Wildman–Crippen LogP) is 1.65. The number of nitrogens with one attached hydrogen (secondary N) is 1. The van der Waals surface area contributed by atoms with E-state index < -0.39 is 0 Å². The molecule has 0 fully saturated rings. The van der Waals surface area contributed by atoms with Crippen LogP contribution in [0.5, 0.6) is 0 Å². The summed E-state index contributed by atoms with van der Waals surface area (Å²) in [5.74, 6) is 1.16. The van der Waals surface area contributed by atoms with E-state index in [-0.39, 0.29) is 0 Å². The first kappa shape index (κ1) is 12.3. The van der Waals surface area contributed by atoms with E-state index in [0.29, 0.717) is 5.92 Å². The Morgan fingerprint density at radius 3 is 2.84 bits per heavy atom. The summed E-state index contributed by atoms with van der Waals surface area (Å²) >= 11 is 0. The molecule has 1 aliphatic heterocycles. The highest BCUT2D eigenvalue weighted by atomic mass is 15.3. The van der Waals surface area contributed by atoms with Gasteiger partial charge in [0, 0.05) is 38.3 Å². The van der Waals surface area contributed by atoms with Crippen molar-refractivity contribution in [2.75, 3.05) is 6.54 Å². The Hall–Kier alpha value is -1.75. The van der Waals surface area contributed by atoms with Crippen LogP contribution in [-0.2, 0) is 20.0 Å². The van der Waals surface area contributed by atoms with Gasteiger partial charge < -0.3 is 5.32 Å². The van der Waals surface area contributed by atoms with Gasteiger partial charge in [-0.2, -0.15) is 5.10 Å². The zero-order valence-corrected chi connectivity index (χ0v) is 11.6. The average molecular weight is 257 g/mol. The molecule has 2 aromatic heterocycles. The van der Waals surface area contributed by atoms with E-state index in [2.05, 4.69) is 24.3 Å². The van der Waals surface area contributed by atoms with Crippen LogP contribution in [0.3, 0.4) is 0 Å². The fraction of sp³-hybridized carbons (Fsp3) is 0.500. The zero-order valence-electron chi connectivity index (χ0n) is 11.6. The van der Waals surface area contributed by atoms with Gasteiger partial charge in [-0.25, -0.2) is 9.97 Å². The fourth-order valence-electron chi connectivity index (χ4n) is 2.50. The van der Waals surface area contributed by atoms with Crippen molar-refractivity contribution in [3.63, 3.8) is 0 Å². The highest BCUT2D eigenvalue weighted by Gasteiger charge is 2.20. The average Bonchev–Trinajstić information content (AvgIpc) is 2.84. The Bertz CT molecular complexity index is 600. The summed E-state index contributed by atoms with van der Waals surface area (Å²) in [6, 6.07) is 1.97. The maximum absolute atomic E-state index is 4.74. The molecule has 100 valence electrons. The molecular formula is C14H19N5. The molecule has 3 rings (SSSR count). The summed E-state index contributed by atoms with van der Waals surface area (Å²) in [5.41, 5.74) is 4.46. The molecule has 0 amide bonds. The molecule has 0 atom stereocenters. The minimum atomic E-state index is 0.402. The highest BCUT2D eigenvalue weighted by molar-refractivity contribution is 5.50. The molecule has 1 N–H and O–H groups in total. The summed E-state index contributed by atoms with van der Waals surface area (Å²) in [7, 11) is 1.91. The smallest absolute Gasteiger partial charge is 0.180 e. The Kier molecular flexibility index (Phi) is 3.06. The van der Waals surface area contributed by atoms with Crippen LogP contribution in [0.15, 0.2) is 12.3 Å². The minimum Gasteiger partial charge on any atom is -0.312 e. The Balaban J connectivity index is 2.14. The Labute approximate surface area is 113 Å². The van der Waals surface area contributed by atoms with E-state index in [1.807, 2.05) is 19.3 Å². The molecule has 1 aliphatic rings. The van der Waals surface area contributed by atoms with Gasteiger partial charge >= 0.3 is 0 Å². The molecule has 0 aliphatic carbocycles. The minimum absolute atomic E-state index is 0.402. The van der Waals surface area contributed by atoms with Gasteiger partial charge in [0.1, 0.15) is 5.69 Å². The first-order valence-electron chi connectivity index (χ1n) is 6.75. The van der Waals surface area contributed by atoms with E-state index in [9.17, 15) is 0 Å². The standard InChI is InChI=1S/C14H19N5/c1-9(2)13-10-8-15-6-4-11(10)16-14(17-13)12-5-7-19(3)18-12/h5,7,9,15H,4,6,8H2,1-3H3. The third kappa shape index (κ3) is 2.26. The van der Waals surface area contributed by atoms with Crippen LogP contribution in [-0.4, -0.2) is 26.3 Å². The second kappa shape index (κ2) is 4.74. The number of rotatable bonds is 2. The molecule has 0 aromatic carbocycles. The van der Waals surface area contributed by atoms with Gasteiger partial charge in [0.25, 0.3) is 0 Å². The third-order valence-electron chi connectivity index (χ3n) is 3.45. The van der Waals surface area contributed by atoms with Crippen LogP contribution < -0.4 is 5.32 Å². The van der Waals surface area contributed by atoms with Gasteiger partial charge in [0.2, 0.25) is 0 Å². The van der Waals surface area contributed by atoms with E-state index in [4.69, 9.17) is 9.97 Å². The summed E-state index contributed by atoms with van der Waals surface area (Å²) in [6.45, 7) is 6.23. The second-order valence-electron chi connectivity index (χ2n) is 5.31. The van der Waals surface area contributed by atoms with Crippen molar-refractivity contribution in [2.24, 2.45) is 7.05 Å². The van der Waals surface area contributed by atoms with Crippen molar-refractivity contribution in [3.8, 4) is 11.5 Å².